The molecule has 0 heterocycles. The maximum Gasteiger partial charge on any atom is 0.371 e. The molecule has 0 amide bonds. The summed E-state index contributed by atoms with van der Waals surface area (Å²) in [5.41, 5.74) is 1.73. The summed E-state index contributed by atoms with van der Waals surface area (Å²) in [5.74, 6) is -1.34. The monoisotopic (exact) mass is 520 g/mol. The van der Waals surface area contributed by atoms with Crippen LogP contribution in [0.25, 0.3) is 5.57 Å². The van der Waals surface area contributed by atoms with E-state index in [0.717, 1.165) is 30.4 Å². The first kappa shape index (κ1) is 34.2. The predicted molar refractivity (Wildman–Crippen MR) is 147 cm³/mol. The summed E-state index contributed by atoms with van der Waals surface area (Å²) in [6, 6.07) is 9.65. The minimum Gasteiger partial charge on any atom is -0.490 e. The Hall–Kier alpha value is -2.83. The van der Waals surface area contributed by atoms with Crippen molar-refractivity contribution in [1.29, 1.82) is 0 Å². The standard InChI is InChI=1S/C18H26O3.C12H22O4/c1-3-4-5-6-7-11-14-16(17(21-2)18(19)20)15-12-9-8-10-13-15;1-9(2)15-11(13)7-5-6-8-12(14)16-10(3)4/h8-10,12-13H,3-7,11,14H2,1-2H3,(H,19,20);9-10H,5-8H2,1-4H3. The molecule has 0 saturated heterocycles. The zero-order valence-electron chi connectivity index (χ0n) is 23.7. The van der Waals surface area contributed by atoms with E-state index >= 15 is 0 Å². The maximum absolute atomic E-state index is 11.3. The molecule has 0 unspecified atom stereocenters. The lowest BCUT2D eigenvalue weighted by Crippen LogP contribution is -2.12. The first-order valence-electron chi connectivity index (χ1n) is 13.6. The van der Waals surface area contributed by atoms with Crippen LogP contribution >= 0.6 is 0 Å². The van der Waals surface area contributed by atoms with Crippen LogP contribution in [-0.2, 0) is 28.6 Å². The van der Waals surface area contributed by atoms with Crippen LogP contribution in [0.5, 0.6) is 0 Å². The second-order valence-electron chi connectivity index (χ2n) is 9.49. The summed E-state index contributed by atoms with van der Waals surface area (Å²) in [6.07, 6.45) is 9.78. The summed E-state index contributed by atoms with van der Waals surface area (Å²) >= 11 is 0. The molecule has 0 saturated carbocycles. The molecule has 0 aliphatic heterocycles. The van der Waals surface area contributed by atoms with Gasteiger partial charge < -0.3 is 19.3 Å². The molecule has 0 bridgehead atoms. The van der Waals surface area contributed by atoms with E-state index in [4.69, 9.17) is 14.2 Å². The van der Waals surface area contributed by atoms with Crippen LogP contribution in [0, 0.1) is 0 Å². The Morgan fingerprint density at radius 3 is 1.62 bits per heavy atom. The van der Waals surface area contributed by atoms with Gasteiger partial charge in [-0.15, -0.1) is 0 Å². The second-order valence-corrected chi connectivity index (χ2v) is 9.49. The highest BCUT2D eigenvalue weighted by Crippen LogP contribution is 2.26. The van der Waals surface area contributed by atoms with Crippen LogP contribution in [0.3, 0.4) is 0 Å². The number of carboxylic acids is 1. The molecule has 1 aromatic rings. The van der Waals surface area contributed by atoms with E-state index in [-0.39, 0.29) is 29.9 Å². The molecule has 7 heteroatoms. The van der Waals surface area contributed by atoms with Crippen LogP contribution in [-0.4, -0.2) is 42.3 Å². The number of aliphatic carboxylic acids is 1. The molecule has 0 radical (unpaired) electrons. The topological polar surface area (TPSA) is 99.1 Å². The fraction of sp³-hybridized carbons (Fsp3) is 0.633. The molecule has 0 aliphatic carbocycles. The van der Waals surface area contributed by atoms with Gasteiger partial charge in [-0.25, -0.2) is 4.79 Å². The largest absolute Gasteiger partial charge is 0.490 e. The van der Waals surface area contributed by atoms with Crippen LogP contribution < -0.4 is 0 Å². The Morgan fingerprint density at radius 2 is 1.19 bits per heavy atom. The number of carbonyl (C=O) groups is 3. The normalized spacial score (nSPS) is 11.4. The van der Waals surface area contributed by atoms with Crippen molar-refractivity contribution in [3.63, 3.8) is 0 Å². The summed E-state index contributed by atoms with van der Waals surface area (Å²) in [6.45, 7) is 9.47. The SMILES string of the molecule is CC(C)OC(=O)CCCCC(=O)OC(C)C.CCCCCCCCC(=C(OC)C(=O)O)c1ccccc1. The molecule has 0 aliphatic rings. The lowest BCUT2D eigenvalue weighted by atomic mass is 9.97. The zero-order valence-corrected chi connectivity index (χ0v) is 23.7. The van der Waals surface area contributed by atoms with Crippen LogP contribution in [0.4, 0.5) is 0 Å². The molecule has 1 N–H and O–H groups in total. The maximum atomic E-state index is 11.3. The van der Waals surface area contributed by atoms with Crippen LogP contribution in [0.1, 0.15) is 111 Å². The van der Waals surface area contributed by atoms with Crippen molar-refractivity contribution in [2.45, 2.75) is 117 Å². The lowest BCUT2D eigenvalue weighted by molar-refractivity contribution is -0.149. The average Bonchev–Trinajstić information content (AvgIpc) is 2.83. The second kappa shape index (κ2) is 21.3. The molecule has 37 heavy (non-hydrogen) atoms. The number of methoxy groups -OCH3 is 1. The minimum absolute atomic E-state index is 0.0646. The molecule has 210 valence electrons. The molecule has 7 nitrogen and oxygen atoms in total. The van der Waals surface area contributed by atoms with E-state index in [1.54, 1.807) is 0 Å². The summed E-state index contributed by atoms with van der Waals surface area (Å²) < 4.78 is 15.0. The van der Waals surface area contributed by atoms with Crippen molar-refractivity contribution in [2.75, 3.05) is 7.11 Å². The summed E-state index contributed by atoms with van der Waals surface area (Å²) in [4.78, 5) is 33.6. The Bertz CT molecular complexity index is 773. The van der Waals surface area contributed by atoms with Gasteiger partial charge in [0, 0.05) is 18.4 Å². The Morgan fingerprint density at radius 1 is 0.730 bits per heavy atom. The first-order chi connectivity index (χ1) is 17.6. The molecule has 1 aromatic carbocycles. The average molecular weight is 521 g/mol. The Kier molecular flexibility index (Phi) is 19.6. The number of hydrogen-bond acceptors (Lipinski definition) is 6. The van der Waals surface area contributed by atoms with Gasteiger partial charge in [-0.2, -0.15) is 0 Å². The smallest absolute Gasteiger partial charge is 0.371 e. The Labute approximate surface area is 223 Å². The van der Waals surface area contributed by atoms with Crippen molar-refractivity contribution < 1.29 is 33.7 Å². The fourth-order valence-corrected chi connectivity index (χ4v) is 3.63. The van der Waals surface area contributed by atoms with Gasteiger partial charge in [-0.3, -0.25) is 9.59 Å². The van der Waals surface area contributed by atoms with Crippen LogP contribution in [0.15, 0.2) is 36.1 Å². The molecular weight excluding hydrogens is 472 g/mol. The van der Waals surface area contributed by atoms with E-state index in [2.05, 4.69) is 6.92 Å². The minimum atomic E-state index is -0.998. The lowest BCUT2D eigenvalue weighted by Gasteiger charge is -2.12. The number of ether oxygens (including phenoxy) is 3. The van der Waals surface area contributed by atoms with Gasteiger partial charge in [0.2, 0.25) is 5.76 Å². The van der Waals surface area contributed by atoms with Crippen LogP contribution in [0.2, 0.25) is 0 Å². The molecular formula is C30H48O7. The summed E-state index contributed by atoms with van der Waals surface area (Å²) in [7, 11) is 1.42. The molecule has 1 rings (SSSR count). The van der Waals surface area contributed by atoms with Crippen molar-refractivity contribution in [3.8, 4) is 0 Å². The summed E-state index contributed by atoms with van der Waals surface area (Å²) in [5, 5.41) is 9.29. The van der Waals surface area contributed by atoms with Gasteiger partial charge in [-0.05, 0) is 58.9 Å². The number of carboxylic acid groups (broad SMARTS) is 1. The number of esters is 2. The Balaban J connectivity index is 0.000000730. The van der Waals surface area contributed by atoms with Crippen molar-refractivity contribution in [2.24, 2.45) is 0 Å². The quantitative estimate of drug-likeness (QED) is 0.0993. The van der Waals surface area contributed by atoms with E-state index in [1.807, 2.05) is 58.0 Å². The molecule has 0 spiro atoms. The highest BCUT2D eigenvalue weighted by Gasteiger charge is 2.16. The van der Waals surface area contributed by atoms with E-state index < -0.39 is 5.97 Å². The van der Waals surface area contributed by atoms with E-state index in [0.29, 0.717) is 25.7 Å². The number of hydrogen-bond donors (Lipinski definition) is 1. The van der Waals surface area contributed by atoms with Gasteiger partial charge in [0.15, 0.2) is 0 Å². The third kappa shape index (κ3) is 18.1. The van der Waals surface area contributed by atoms with Gasteiger partial charge in [-0.1, -0.05) is 69.4 Å². The van der Waals surface area contributed by atoms with E-state index in [1.165, 1.54) is 32.8 Å². The number of allylic oxidation sites excluding steroid dienone is 1. The number of unbranched alkanes of at least 4 members (excludes halogenated alkanes) is 6. The highest BCUT2D eigenvalue weighted by molar-refractivity contribution is 5.94. The molecule has 0 atom stereocenters. The third-order valence-electron chi connectivity index (χ3n) is 5.32. The zero-order chi connectivity index (χ0) is 28.1. The molecule has 0 fully saturated rings. The van der Waals surface area contributed by atoms with Crippen molar-refractivity contribution in [1.82, 2.24) is 0 Å². The first-order valence-corrected chi connectivity index (χ1v) is 13.6. The van der Waals surface area contributed by atoms with Gasteiger partial charge in [0.05, 0.1) is 19.3 Å². The number of benzene rings is 1. The highest BCUT2D eigenvalue weighted by atomic mass is 16.5. The van der Waals surface area contributed by atoms with Crippen molar-refractivity contribution >= 4 is 23.5 Å². The van der Waals surface area contributed by atoms with Gasteiger partial charge in [0.25, 0.3) is 0 Å². The van der Waals surface area contributed by atoms with Crippen molar-refractivity contribution in [3.05, 3.63) is 41.7 Å². The fourth-order valence-electron chi connectivity index (χ4n) is 3.63. The van der Waals surface area contributed by atoms with Gasteiger partial charge >= 0.3 is 17.9 Å². The van der Waals surface area contributed by atoms with Gasteiger partial charge in [0.1, 0.15) is 0 Å². The number of rotatable bonds is 17. The third-order valence-corrected chi connectivity index (χ3v) is 5.32. The molecule has 0 aromatic heterocycles. The predicted octanol–water partition coefficient (Wildman–Crippen LogP) is 7.33. The van der Waals surface area contributed by atoms with E-state index in [9.17, 15) is 19.5 Å². The number of carbonyl (C=O) groups excluding carboxylic acids is 2.